The molecule has 1 fully saturated rings. The maximum absolute atomic E-state index is 8.61. The number of hydrogen-bond acceptors (Lipinski definition) is 3. The SMILES string of the molecule is O/N=C1\C=CC(N2CCCCC2)CC1. The van der Waals surface area contributed by atoms with Gasteiger partial charge in [0.05, 0.1) is 5.71 Å². The Hall–Kier alpha value is -0.830. The molecule has 14 heavy (non-hydrogen) atoms. The van der Waals surface area contributed by atoms with Crippen molar-refractivity contribution in [1.82, 2.24) is 4.90 Å². The molecule has 78 valence electrons. The Labute approximate surface area is 85.1 Å². The second kappa shape index (κ2) is 4.60. The van der Waals surface area contributed by atoms with Crippen molar-refractivity contribution in [2.45, 2.75) is 38.1 Å². The van der Waals surface area contributed by atoms with Crippen LogP contribution in [0.4, 0.5) is 0 Å². The molecule has 1 aliphatic heterocycles. The average Bonchev–Trinajstić information content (AvgIpc) is 2.30. The average molecular weight is 194 g/mol. The third kappa shape index (κ3) is 2.15. The van der Waals surface area contributed by atoms with Gasteiger partial charge in [0.15, 0.2) is 0 Å². The highest BCUT2D eigenvalue weighted by Crippen LogP contribution is 2.19. The number of hydrogen-bond donors (Lipinski definition) is 1. The van der Waals surface area contributed by atoms with E-state index < -0.39 is 0 Å². The third-order valence-corrected chi connectivity index (χ3v) is 3.20. The van der Waals surface area contributed by atoms with Gasteiger partial charge in [-0.15, -0.1) is 0 Å². The lowest BCUT2D eigenvalue weighted by Crippen LogP contribution is -2.39. The molecule has 1 saturated heterocycles. The van der Waals surface area contributed by atoms with Crippen LogP contribution in [0.1, 0.15) is 32.1 Å². The summed E-state index contributed by atoms with van der Waals surface area (Å²) in [5.74, 6) is 0. The summed E-state index contributed by atoms with van der Waals surface area (Å²) >= 11 is 0. The summed E-state index contributed by atoms with van der Waals surface area (Å²) in [5.41, 5.74) is 0.818. The Kier molecular flexibility index (Phi) is 3.19. The lowest BCUT2D eigenvalue weighted by atomic mass is 9.98. The molecule has 2 rings (SSSR count). The molecule has 0 bridgehead atoms. The molecule has 0 saturated carbocycles. The fourth-order valence-corrected chi connectivity index (χ4v) is 2.34. The van der Waals surface area contributed by atoms with Crippen LogP contribution in [-0.4, -0.2) is 35.0 Å². The van der Waals surface area contributed by atoms with Gasteiger partial charge in [-0.2, -0.15) is 0 Å². The minimum absolute atomic E-state index is 0.584. The first-order valence-corrected chi connectivity index (χ1v) is 5.53. The fraction of sp³-hybridized carbons (Fsp3) is 0.727. The molecule has 1 aliphatic carbocycles. The number of rotatable bonds is 1. The molecule has 1 unspecified atom stereocenters. The molecule has 0 aromatic carbocycles. The van der Waals surface area contributed by atoms with Gasteiger partial charge in [0.1, 0.15) is 0 Å². The van der Waals surface area contributed by atoms with E-state index in [-0.39, 0.29) is 0 Å². The molecular weight excluding hydrogens is 176 g/mol. The molecule has 1 atom stereocenters. The van der Waals surface area contributed by atoms with Gasteiger partial charge < -0.3 is 5.21 Å². The second-order valence-corrected chi connectivity index (χ2v) is 4.15. The van der Waals surface area contributed by atoms with E-state index in [9.17, 15) is 0 Å². The van der Waals surface area contributed by atoms with Gasteiger partial charge in [0.2, 0.25) is 0 Å². The molecule has 1 N–H and O–H groups in total. The predicted octanol–water partition coefficient (Wildman–Crippen LogP) is 2.02. The largest absolute Gasteiger partial charge is 0.411 e. The van der Waals surface area contributed by atoms with Crippen LogP contribution < -0.4 is 0 Å². The smallest absolute Gasteiger partial charge is 0.0793 e. The lowest BCUT2D eigenvalue weighted by molar-refractivity contribution is 0.183. The highest BCUT2D eigenvalue weighted by Gasteiger charge is 2.20. The second-order valence-electron chi connectivity index (χ2n) is 4.15. The standard InChI is InChI=1S/C11H18N2O/c14-12-10-4-6-11(7-5-10)13-8-2-1-3-9-13/h4,6,11,14H,1-3,5,7-9H2/b12-10+. The number of nitrogens with zero attached hydrogens (tertiary/aromatic N) is 2. The number of piperidine rings is 1. The fourth-order valence-electron chi connectivity index (χ4n) is 2.34. The van der Waals surface area contributed by atoms with E-state index in [2.05, 4.69) is 16.1 Å². The summed E-state index contributed by atoms with van der Waals surface area (Å²) in [6, 6.07) is 0.584. The van der Waals surface area contributed by atoms with Gasteiger partial charge in [0.25, 0.3) is 0 Å². The molecule has 0 spiro atoms. The minimum Gasteiger partial charge on any atom is -0.411 e. The van der Waals surface area contributed by atoms with Gasteiger partial charge in [-0.25, -0.2) is 0 Å². The van der Waals surface area contributed by atoms with Crippen molar-refractivity contribution < 1.29 is 5.21 Å². The predicted molar refractivity (Wildman–Crippen MR) is 56.8 cm³/mol. The lowest BCUT2D eigenvalue weighted by Gasteiger charge is -2.34. The van der Waals surface area contributed by atoms with E-state index in [0.29, 0.717) is 6.04 Å². The normalized spacial score (nSPS) is 32.3. The topological polar surface area (TPSA) is 35.8 Å². The Morgan fingerprint density at radius 3 is 2.64 bits per heavy atom. The van der Waals surface area contributed by atoms with E-state index in [0.717, 1.165) is 18.6 Å². The first-order chi connectivity index (χ1) is 6.90. The van der Waals surface area contributed by atoms with Gasteiger partial charge in [0, 0.05) is 6.04 Å². The number of allylic oxidation sites excluding steroid dienone is 1. The Balaban J connectivity index is 1.93. The highest BCUT2D eigenvalue weighted by atomic mass is 16.4. The third-order valence-electron chi connectivity index (χ3n) is 3.20. The quantitative estimate of drug-likeness (QED) is 0.512. The summed E-state index contributed by atoms with van der Waals surface area (Å²) in [7, 11) is 0. The van der Waals surface area contributed by atoms with Crippen molar-refractivity contribution in [3.05, 3.63) is 12.2 Å². The molecular formula is C11H18N2O. The van der Waals surface area contributed by atoms with Crippen LogP contribution in [0.15, 0.2) is 17.3 Å². The van der Waals surface area contributed by atoms with Crippen LogP contribution >= 0.6 is 0 Å². The monoisotopic (exact) mass is 194 g/mol. The van der Waals surface area contributed by atoms with Crippen LogP contribution in [0.2, 0.25) is 0 Å². The molecule has 3 nitrogen and oxygen atoms in total. The summed E-state index contributed by atoms with van der Waals surface area (Å²) < 4.78 is 0. The number of likely N-dealkylation sites (tertiary alicyclic amines) is 1. The maximum atomic E-state index is 8.61. The minimum atomic E-state index is 0.584. The zero-order chi connectivity index (χ0) is 9.80. The van der Waals surface area contributed by atoms with Gasteiger partial charge in [-0.3, -0.25) is 4.90 Å². The Bertz CT molecular complexity index is 242. The molecule has 3 heteroatoms. The molecule has 0 amide bonds. The van der Waals surface area contributed by atoms with Gasteiger partial charge in [-0.1, -0.05) is 17.7 Å². The first kappa shape index (κ1) is 9.71. The van der Waals surface area contributed by atoms with E-state index >= 15 is 0 Å². The van der Waals surface area contributed by atoms with E-state index in [1.165, 1.54) is 32.4 Å². The molecule has 0 aromatic rings. The van der Waals surface area contributed by atoms with Crippen LogP contribution in [-0.2, 0) is 0 Å². The Morgan fingerprint density at radius 1 is 1.29 bits per heavy atom. The van der Waals surface area contributed by atoms with Crippen molar-refractivity contribution in [2.75, 3.05) is 13.1 Å². The van der Waals surface area contributed by atoms with Gasteiger partial charge >= 0.3 is 0 Å². The molecule has 2 aliphatic rings. The molecule has 1 heterocycles. The molecule has 0 aromatic heterocycles. The summed E-state index contributed by atoms with van der Waals surface area (Å²) in [4.78, 5) is 2.55. The maximum Gasteiger partial charge on any atom is 0.0793 e. The number of oxime groups is 1. The highest BCUT2D eigenvalue weighted by molar-refractivity contribution is 5.95. The summed E-state index contributed by atoms with van der Waals surface area (Å²) in [5, 5.41) is 11.8. The van der Waals surface area contributed by atoms with Crippen LogP contribution in [0.25, 0.3) is 0 Å². The van der Waals surface area contributed by atoms with E-state index in [1.54, 1.807) is 0 Å². The first-order valence-electron chi connectivity index (χ1n) is 5.53. The van der Waals surface area contributed by atoms with Crippen molar-refractivity contribution in [1.29, 1.82) is 0 Å². The molecule has 0 radical (unpaired) electrons. The zero-order valence-electron chi connectivity index (χ0n) is 8.52. The van der Waals surface area contributed by atoms with Crippen molar-refractivity contribution in [3.63, 3.8) is 0 Å². The van der Waals surface area contributed by atoms with Crippen molar-refractivity contribution in [3.8, 4) is 0 Å². The van der Waals surface area contributed by atoms with E-state index in [4.69, 9.17) is 5.21 Å². The van der Waals surface area contributed by atoms with Crippen LogP contribution in [0.3, 0.4) is 0 Å². The zero-order valence-corrected chi connectivity index (χ0v) is 8.52. The van der Waals surface area contributed by atoms with Crippen LogP contribution in [0.5, 0.6) is 0 Å². The van der Waals surface area contributed by atoms with Gasteiger partial charge in [-0.05, 0) is 44.8 Å². The van der Waals surface area contributed by atoms with E-state index in [1.807, 2.05) is 6.08 Å². The Morgan fingerprint density at radius 2 is 2.07 bits per heavy atom. The van der Waals surface area contributed by atoms with Crippen molar-refractivity contribution >= 4 is 5.71 Å². The summed E-state index contributed by atoms with van der Waals surface area (Å²) in [6.07, 6.45) is 10.2. The van der Waals surface area contributed by atoms with Crippen LogP contribution in [0, 0.1) is 0 Å². The summed E-state index contributed by atoms with van der Waals surface area (Å²) in [6.45, 7) is 2.47. The van der Waals surface area contributed by atoms with Crippen molar-refractivity contribution in [2.24, 2.45) is 5.16 Å².